The number of hydrazone groups is 1. The zero-order valence-electron chi connectivity index (χ0n) is 16.5. The van der Waals surface area contributed by atoms with E-state index in [9.17, 15) is 9.90 Å². The Kier molecular flexibility index (Phi) is 5.73. The van der Waals surface area contributed by atoms with Gasteiger partial charge in [0.05, 0.1) is 11.7 Å². The lowest BCUT2D eigenvalue weighted by Crippen LogP contribution is -2.23. The van der Waals surface area contributed by atoms with Crippen molar-refractivity contribution in [1.82, 2.24) is 20.4 Å². The molecule has 2 aromatic carbocycles. The van der Waals surface area contributed by atoms with Crippen LogP contribution in [-0.2, 0) is 11.3 Å². The molecule has 1 heterocycles. The van der Waals surface area contributed by atoms with Gasteiger partial charge in [-0.3, -0.25) is 4.79 Å². The van der Waals surface area contributed by atoms with Gasteiger partial charge in [-0.15, -0.1) is 5.10 Å². The van der Waals surface area contributed by atoms with E-state index in [1.807, 2.05) is 64.1 Å². The van der Waals surface area contributed by atoms with E-state index in [0.29, 0.717) is 5.75 Å². The third-order valence-electron chi connectivity index (χ3n) is 4.55. The van der Waals surface area contributed by atoms with Gasteiger partial charge in [-0.1, -0.05) is 45.0 Å². The minimum atomic E-state index is -0.293. The average Bonchev–Trinajstić information content (AvgIpc) is 3.05. The number of carbonyl (C=O) groups is 1. The van der Waals surface area contributed by atoms with Crippen LogP contribution in [0.15, 0.2) is 41.5 Å². The zero-order valence-corrected chi connectivity index (χ0v) is 16.5. The molecule has 0 atom stereocenters. The standard InChI is InChI=1S/C21H25N5O2/c1-13(2)16-9-15(10-17(14(3)4)21(16)28)11-22-24-20(27)12-26-19-8-6-5-7-18(19)23-25-26/h5-11,13-14,28H,12H2,1-4H3,(H,24,27)/b22-11+. The van der Waals surface area contributed by atoms with Gasteiger partial charge in [0, 0.05) is 0 Å². The van der Waals surface area contributed by atoms with Gasteiger partial charge in [-0.25, -0.2) is 10.1 Å². The molecule has 7 heteroatoms. The van der Waals surface area contributed by atoms with Gasteiger partial charge in [0.25, 0.3) is 5.91 Å². The van der Waals surface area contributed by atoms with E-state index in [-0.39, 0.29) is 24.3 Å². The van der Waals surface area contributed by atoms with E-state index < -0.39 is 0 Å². The van der Waals surface area contributed by atoms with Crippen molar-refractivity contribution >= 4 is 23.2 Å². The van der Waals surface area contributed by atoms with Crippen molar-refractivity contribution in [2.24, 2.45) is 5.10 Å². The van der Waals surface area contributed by atoms with Crippen molar-refractivity contribution < 1.29 is 9.90 Å². The summed E-state index contributed by atoms with van der Waals surface area (Å²) in [6.07, 6.45) is 1.59. The van der Waals surface area contributed by atoms with E-state index in [4.69, 9.17) is 0 Å². The first-order valence-electron chi connectivity index (χ1n) is 9.33. The number of fused-ring (bicyclic) bond motifs is 1. The molecule has 28 heavy (non-hydrogen) atoms. The van der Waals surface area contributed by atoms with Crippen LogP contribution in [0.3, 0.4) is 0 Å². The summed E-state index contributed by atoms with van der Waals surface area (Å²) in [5.41, 5.74) is 6.63. The number of phenolic OH excluding ortho intramolecular Hbond substituents is 1. The van der Waals surface area contributed by atoms with Gasteiger partial charge in [-0.05, 0) is 52.8 Å². The number of para-hydroxylation sites is 1. The van der Waals surface area contributed by atoms with Crippen LogP contribution in [0.5, 0.6) is 5.75 Å². The molecule has 0 aliphatic rings. The van der Waals surface area contributed by atoms with Gasteiger partial charge in [0.1, 0.15) is 17.8 Å². The molecule has 2 N–H and O–H groups in total. The zero-order chi connectivity index (χ0) is 20.3. The van der Waals surface area contributed by atoms with Crippen LogP contribution in [0.1, 0.15) is 56.2 Å². The number of carbonyl (C=O) groups excluding carboxylic acids is 1. The molecule has 0 spiro atoms. The van der Waals surface area contributed by atoms with E-state index in [1.165, 1.54) is 4.68 Å². The second-order valence-electron chi connectivity index (χ2n) is 7.39. The SMILES string of the molecule is CC(C)c1cc(/C=N/NC(=O)Cn2nnc3ccccc32)cc(C(C)C)c1O. The van der Waals surface area contributed by atoms with Crippen LogP contribution < -0.4 is 5.43 Å². The largest absolute Gasteiger partial charge is 0.507 e. The maximum atomic E-state index is 12.2. The van der Waals surface area contributed by atoms with Crippen LogP contribution in [-0.4, -0.2) is 32.2 Å². The monoisotopic (exact) mass is 379 g/mol. The first kappa shape index (κ1) is 19.5. The minimum Gasteiger partial charge on any atom is -0.507 e. The lowest BCUT2D eigenvalue weighted by molar-refractivity contribution is -0.121. The molecule has 3 rings (SSSR count). The summed E-state index contributed by atoms with van der Waals surface area (Å²) in [5.74, 6) is 0.408. The normalized spacial score (nSPS) is 11.8. The molecular weight excluding hydrogens is 354 g/mol. The molecule has 0 saturated heterocycles. The third-order valence-corrected chi connectivity index (χ3v) is 4.55. The predicted octanol–water partition coefficient (Wildman–Crippen LogP) is 3.53. The van der Waals surface area contributed by atoms with Crippen molar-refractivity contribution in [3.8, 4) is 5.75 Å². The molecule has 0 saturated carbocycles. The molecule has 0 unspecified atom stereocenters. The maximum Gasteiger partial charge on any atom is 0.261 e. The van der Waals surface area contributed by atoms with Crippen LogP contribution >= 0.6 is 0 Å². The van der Waals surface area contributed by atoms with Crippen molar-refractivity contribution in [2.75, 3.05) is 0 Å². The van der Waals surface area contributed by atoms with Crippen molar-refractivity contribution in [2.45, 2.75) is 46.1 Å². The lowest BCUT2D eigenvalue weighted by Gasteiger charge is -2.16. The average molecular weight is 379 g/mol. The predicted molar refractivity (Wildman–Crippen MR) is 110 cm³/mol. The molecule has 3 aromatic rings. The number of hydrogen-bond donors (Lipinski definition) is 2. The fourth-order valence-corrected chi connectivity index (χ4v) is 3.04. The fraction of sp³-hybridized carbons (Fsp3) is 0.333. The highest BCUT2D eigenvalue weighted by Crippen LogP contribution is 2.34. The Morgan fingerprint density at radius 3 is 2.46 bits per heavy atom. The summed E-state index contributed by atoms with van der Waals surface area (Å²) in [6, 6.07) is 11.3. The molecule has 0 aliphatic carbocycles. The first-order chi connectivity index (χ1) is 13.4. The number of aromatic hydroxyl groups is 1. The Hall–Kier alpha value is -3.22. The van der Waals surface area contributed by atoms with Crippen LogP contribution in [0.25, 0.3) is 11.0 Å². The number of rotatable bonds is 6. The van der Waals surface area contributed by atoms with Crippen molar-refractivity contribution in [1.29, 1.82) is 0 Å². The molecule has 0 radical (unpaired) electrons. The highest BCUT2D eigenvalue weighted by atomic mass is 16.3. The number of amides is 1. The lowest BCUT2D eigenvalue weighted by atomic mass is 9.92. The highest BCUT2D eigenvalue weighted by Gasteiger charge is 2.14. The fourth-order valence-electron chi connectivity index (χ4n) is 3.04. The van der Waals surface area contributed by atoms with E-state index >= 15 is 0 Å². The Labute approximate surface area is 164 Å². The first-order valence-corrected chi connectivity index (χ1v) is 9.33. The third kappa shape index (κ3) is 4.19. The number of nitrogens with one attached hydrogen (secondary N) is 1. The Morgan fingerprint density at radius 1 is 1.18 bits per heavy atom. The van der Waals surface area contributed by atoms with E-state index in [0.717, 1.165) is 27.7 Å². The summed E-state index contributed by atoms with van der Waals surface area (Å²) in [7, 11) is 0. The number of benzene rings is 2. The molecular formula is C21H25N5O2. The van der Waals surface area contributed by atoms with Gasteiger partial charge in [0.2, 0.25) is 0 Å². The second-order valence-corrected chi connectivity index (χ2v) is 7.39. The van der Waals surface area contributed by atoms with Crippen LogP contribution in [0.2, 0.25) is 0 Å². The van der Waals surface area contributed by atoms with E-state index in [2.05, 4.69) is 20.8 Å². The van der Waals surface area contributed by atoms with Gasteiger partial charge in [0.15, 0.2) is 0 Å². The minimum absolute atomic E-state index is 0.0297. The topological polar surface area (TPSA) is 92.4 Å². The molecule has 1 aromatic heterocycles. The smallest absolute Gasteiger partial charge is 0.261 e. The highest BCUT2D eigenvalue weighted by molar-refractivity contribution is 5.84. The molecule has 0 bridgehead atoms. The summed E-state index contributed by atoms with van der Waals surface area (Å²) >= 11 is 0. The Balaban J connectivity index is 1.72. The van der Waals surface area contributed by atoms with Crippen molar-refractivity contribution in [3.05, 3.63) is 53.1 Å². The molecule has 7 nitrogen and oxygen atoms in total. The summed E-state index contributed by atoms with van der Waals surface area (Å²) in [5, 5.41) is 22.6. The second kappa shape index (κ2) is 8.21. The number of hydrogen-bond acceptors (Lipinski definition) is 5. The van der Waals surface area contributed by atoms with Crippen molar-refractivity contribution in [3.63, 3.8) is 0 Å². The molecule has 146 valence electrons. The quantitative estimate of drug-likeness (QED) is 0.506. The summed E-state index contributed by atoms with van der Waals surface area (Å²) in [4.78, 5) is 12.2. The number of phenols is 1. The van der Waals surface area contributed by atoms with Crippen LogP contribution in [0, 0.1) is 0 Å². The van der Waals surface area contributed by atoms with Crippen LogP contribution in [0.4, 0.5) is 0 Å². The maximum absolute atomic E-state index is 12.2. The number of nitrogens with zero attached hydrogens (tertiary/aromatic N) is 4. The Bertz CT molecular complexity index is 992. The molecule has 1 amide bonds. The summed E-state index contributed by atoms with van der Waals surface area (Å²) < 4.78 is 1.54. The summed E-state index contributed by atoms with van der Waals surface area (Å²) in [6.45, 7) is 8.16. The van der Waals surface area contributed by atoms with Gasteiger partial charge in [-0.2, -0.15) is 5.10 Å². The Morgan fingerprint density at radius 2 is 1.82 bits per heavy atom. The number of aromatic nitrogens is 3. The van der Waals surface area contributed by atoms with Gasteiger partial charge < -0.3 is 5.11 Å². The van der Waals surface area contributed by atoms with Gasteiger partial charge >= 0.3 is 0 Å². The molecule has 0 aliphatic heterocycles. The molecule has 0 fully saturated rings. The van der Waals surface area contributed by atoms with E-state index in [1.54, 1.807) is 6.21 Å².